The Labute approximate surface area is 173 Å². The molecular weight excluding hydrogens is 356 g/mol. The van der Waals surface area contributed by atoms with Crippen LogP contribution in [0.5, 0.6) is 0 Å². The van der Waals surface area contributed by atoms with Gasteiger partial charge in [0.05, 0.1) is 0 Å². The Balaban J connectivity index is 1.45. The molecule has 0 bridgehead atoms. The fraction of sp³-hybridized carbons (Fsp3) is 0.346. The second-order valence-corrected chi connectivity index (χ2v) is 8.07. The lowest BCUT2D eigenvalue weighted by atomic mass is 10.0. The number of aryl methyl sites for hydroxylation is 1. The van der Waals surface area contributed by atoms with E-state index in [-0.39, 0.29) is 5.91 Å². The van der Waals surface area contributed by atoms with Gasteiger partial charge in [0.15, 0.2) is 0 Å². The Kier molecular flexibility index (Phi) is 5.96. The molecule has 0 spiro atoms. The van der Waals surface area contributed by atoms with E-state index in [1.54, 1.807) is 0 Å². The van der Waals surface area contributed by atoms with Gasteiger partial charge >= 0.3 is 0 Å². The predicted molar refractivity (Wildman–Crippen MR) is 121 cm³/mol. The third kappa shape index (κ3) is 4.68. The van der Waals surface area contributed by atoms with Crippen molar-refractivity contribution in [1.29, 1.82) is 0 Å². The highest BCUT2D eigenvalue weighted by molar-refractivity contribution is 5.93. The number of carbonyl (C=O) groups is 1. The summed E-state index contributed by atoms with van der Waals surface area (Å²) in [5.41, 5.74) is 3.54. The molecule has 0 N–H and O–H groups in total. The molecule has 1 fully saturated rings. The van der Waals surface area contributed by atoms with E-state index in [0.717, 1.165) is 18.8 Å². The summed E-state index contributed by atoms with van der Waals surface area (Å²) < 4.78 is 0. The molecule has 0 radical (unpaired) electrons. The van der Waals surface area contributed by atoms with Gasteiger partial charge in [-0.1, -0.05) is 54.6 Å². The highest BCUT2D eigenvalue weighted by Crippen LogP contribution is 2.30. The fourth-order valence-electron chi connectivity index (χ4n) is 4.15. The van der Waals surface area contributed by atoms with E-state index in [9.17, 15) is 4.79 Å². The third-order valence-electron chi connectivity index (χ3n) is 5.86. The van der Waals surface area contributed by atoms with Gasteiger partial charge in [-0.25, -0.2) is 0 Å². The number of hydrogen-bond donors (Lipinski definition) is 0. The molecule has 150 valence electrons. The van der Waals surface area contributed by atoms with Crippen LogP contribution in [-0.2, 0) is 11.3 Å². The van der Waals surface area contributed by atoms with Crippen molar-refractivity contribution in [3.63, 3.8) is 0 Å². The van der Waals surface area contributed by atoms with Gasteiger partial charge in [0.25, 0.3) is 0 Å². The number of nitrogens with zero attached hydrogens (tertiary/aromatic N) is 2. The Morgan fingerprint density at radius 2 is 1.76 bits per heavy atom. The Morgan fingerprint density at radius 3 is 2.52 bits per heavy atom. The lowest BCUT2D eigenvalue weighted by Crippen LogP contribution is -2.35. The van der Waals surface area contributed by atoms with Crippen molar-refractivity contribution in [2.24, 2.45) is 0 Å². The topological polar surface area (TPSA) is 23.6 Å². The van der Waals surface area contributed by atoms with Gasteiger partial charge in [-0.05, 0) is 60.7 Å². The molecule has 3 nitrogen and oxygen atoms in total. The second-order valence-electron chi connectivity index (χ2n) is 8.07. The van der Waals surface area contributed by atoms with E-state index in [0.29, 0.717) is 19.0 Å². The van der Waals surface area contributed by atoms with Gasteiger partial charge < -0.3 is 4.90 Å². The first-order valence-electron chi connectivity index (χ1n) is 10.7. The highest BCUT2D eigenvalue weighted by Gasteiger charge is 2.30. The number of amides is 1. The summed E-state index contributed by atoms with van der Waals surface area (Å²) in [4.78, 5) is 17.4. The van der Waals surface area contributed by atoms with Crippen molar-refractivity contribution in [2.75, 3.05) is 18.0 Å². The third-order valence-corrected chi connectivity index (χ3v) is 5.86. The van der Waals surface area contributed by atoms with Gasteiger partial charge in [-0.2, -0.15) is 0 Å². The summed E-state index contributed by atoms with van der Waals surface area (Å²) >= 11 is 0. The second kappa shape index (κ2) is 8.79. The van der Waals surface area contributed by atoms with Crippen LogP contribution in [0.15, 0.2) is 66.7 Å². The number of benzene rings is 3. The Morgan fingerprint density at radius 1 is 1.00 bits per heavy atom. The maximum Gasteiger partial charge on any atom is 0.228 e. The Bertz CT molecular complexity index is 987. The van der Waals surface area contributed by atoms with E-state index in [2.05, 4.69) is 73.3 Å². The average Bonchev–Trinajstić information content (AvgIpc) is 3.57. The number of hydrogen-bond acceptors (Lipinski definition) is 2. The zero-order chi connectivity index (χ0) is 20.2. The van der Waals surface area contributed by atoms with Crippen molar-refractivity contribution in [3.8, 4) is 0 Å². The minimum Gasteiger partial charge on any atom is -0.313 e. The smallest absolute Gasteiger partial charge is 0.228 e. The van der Waals surface area contributed by atoms with Gasteiger partial charge in [0, 0.05) is 37.8 Å². The zero-order valence-electron chi connectivity index (χ0n) is 17.5. The molecule has 1 aliphatic carbocycles. The van der Waals surface area contributed by atoms with E-state index in [1.165, 1.54) is 34.7 Å². The van der Waals surface area contributed by atoms with Gasteiger partial charge in [-0.15, -0.1) is 0 Å². The quantitative estimate of drug-likeness (QED) is 0.506. The van der Waals surface area contributed by atoms with Crippen LogP contribution in [0, 0.1) is 6.92 Å². The lowest BCUT2D eigenvalue weighted by Gasteiger charge is -2.26. The zero-order valence-corrected chi connectivity index (χ0v) is 17.5. The van der Waals surface area contributed by atoms with Crippen LogP contribution in [0.1, 0.15) is 37.3 Å². The van der Waals surface area contributed by atoms with Gasteiger partial charge in [0.2, 0.25) is 5.91 Å². The number of fused-ring (bicyclic) bond motifs is 1. The van der Waals surface area contributed by atoms with Crippen molar-refractivity contribution >= 4 is 22.4 Å². The van der Waals surface area contributed by atoms with E-state index in [1.807, 2.05) is 17.0 Å². The van der Waals surface area contributed by atoms with Crippen molar-refractivity contribution in [1.82, 2.24) is 4.90 Å². The standard InChI is InChI=1S/C26H30N2O/c1-3-28(24-12-6-8-20(2)18-24)26(29)16-17-27(23-14-15-23)19-22-11-7-10-21-9-4-5-13-25(21)22/h4-13,18,23H,3,14-17,19H2,1-2H3. The molecule has 1 aliphatic rings. The minimum atomic E-state index is 0.210. The molecule has 0 unspecified atom stereocenters. The van der Waals surface area contributed by atoms with Crippen molar-refractivity contribution < 1.29 is 4.79 Å². The Hall–Kier alpha value is -2.65. The molecule has 3 heteroatoms. The first kappa shape index (κ1) is 19.7. The number of rotatable bonds is 8. The average molecular weight is 387 g/mol. The largest absolute Gasteiger partial charge is 0.313 e. The molecular formula is C26H30N2O. The number of carbonyl (C=O) groups excluding carboxylic acids is 1. The summed E-state index contributed by atoms with van der Waals surface area (Å²) in [6.45, 7) is 6.55. The summed E-state index contributed by atoms with van der Waals surface area (Å²) in [6, 6.07) is 24.0. The maximum absolute atomic E-state index is 13.0. The minimum absolute atomic E-state index is 0.210. The van der Waals surface area contributed by atoms with E-state index < -0.39 is 0 Å². The van der Waals surface area contributed by atoms with Crippen molar-refractivity contribution in [3.05, 3.63) is 77.9 Å². The molecule has 3 aromatic rings. The summed E-state index contributed by atoms with van der Waals surface area (Å²) in [5.74, 6) is 0.210. The van der Waals surface area contributed by atoms with Crippen LogP contribution in [-0.4, -0.2) is 29.9 Å². The highest BCUT2D eigenvalue weighted by atomic mass is 16.2. The lowest BCUT2D eigenvalue weighted by molar-refractivity contribution is -0.119. The SMILES string of the molecule is CCN(C(=O)CCN(Cc1cccc2ccccc12)C1CC1)c1cccc(C)c1. The molecule has 0 heterocycles. The summed E-state index contributed by atoms with van der Waals surface area (Å²) in [7, 11) is 0. The molecule has 0 aliphatic heterocycles. The fourth-order valence-corrected chi connectivity index (χ4v) is 4.15. The molecule has 0 saturated heterocycles. The monoisotopic (exact) mass is 386 g/mol. The van der Waals surface area contributed by atoms with Crippen LogP contribution in [0.3, 0.4) is 0 Å². The summed E-state index contributed by atoms with van der Waals surface area (Å²) in [6.07, 6.45) is 3.05. The first-order chi connectivity index (χ1) is 14.2. The molecule has 4 rings (SSSR count). The van der Waals surface area contributed by atoms with Gasteiger partial charge in [0.1, 0.15) is 0 Å². The van der Waals surface area contributed by atoms with Crippen molar-refractivity contribution in [2.45, 2.75) is 45.7 Å². The van der Waals surface area contributed by atoms with Crippen LogP contribution >= 0.6 is 0 Å². The van der Waals surface area contributed by atoms with Crippen LogP contribution < -0.4 is 4.90 Å². The maximum atomic E-state index is 13.0. The predicted octanol–water partition coefficient (Wildman–Crippen LogP) is 5.56. The van der Waals surface area contributed by atoms with E-state index >= 15 is 0 Å². The molecule has 0 atom stereocenters. The van der Waals surface area contributed by atoms with Crippen LogP contribution in [0.2, 0.25) is 0 Å². The normalized spacial score (nSPS) is 13.8. The molecule has 29 heavy (non-hydrogen) atoms. The van der Waals surface area contributed by atoms with Crippen LogP contribution in [0.25, 0.3) is 10.8 Å². The molecule has 1 amide bonds. The molecule has 1 saturated carbocycles. The molecule has 0 aromatic heterocycles. The van der Waals surface area contributed by atoms with Gasteiger partial charge in [-0.3, -0.25) is 9.69 Å². The first-order valence-corrected chi connectivity index (χ1v) is 10.7. The van der Waals surface area contributed by atoms with Crippen LogP contribution in [0.4, 0.5) is 5.69 Å². The van der Waals surface area contributed by atoms with E-state index in [4.69, 9.17) is 0 Å². The summed E-state index contributed by atoms with van der Waals surface area (Å²) in [5, 5.41) is 2.61. The number of anilines is 1. The molecule has 3 aromatic carbocycles.